The van der Waals surface area contributed by atoms with E-state index >= 15 is 0 Å². The van der Waals surface area contributed by atoms with Gasteiger partial charge in [-0.15, -0.1) is 0 Å². The van der Waals surface area contributed by atoms with Gasteiger partial charge in [0.2, 0.25) is 5.91 Å². The molecule has 2 rings (SSSR count). The van der Waals surface area contributed by atoms with Crippen molar-refractivity contribution in [1.29, 1.82) is 0 Å². The molecule has 1 heterocycles. The van der Waals surface area contributed by atoms with Crippen molar-refractivity contribution < 1.29 is 18.7 Å². The number of rotatable bonds is 10. The van der Waals surface area contributed by atoms with Crippen molar-refractivity contribution in [2.45, 2.75) is 65.1 Å². The zero-order valence-electron chi connectivity index (χ0n) is 16.2. The SMILES string of the molecule is CCC[C@@](C)(CCCNC(=O)C[C@H](C)c1cccc(F)c1)C1OCCO1. The minimum atomic E-state index is -0.263. The molecule has 0 radical (unpaired) electrons. The van der Waals surface area contributed by atoms with Crippen molar-refractivity contribution in [3.8, 4) is 0 Å². The van der Waals surface area contributed by atoms with Crippen LogP contribution in [-0.4, -0.2) is 32.0 Å². The molecule has 26 heavy (non-hydrogen) atoms. The third-order valence-corrected chi connectivity index (χ3v) is 5.17. The van der Waals surface area contributed by atoms with Gasteiger partial charge >= 0.3 is 0 Å². The molecule has 1 amide bonds. The summed E-state index contributed by atoms with van der Waals surface area (Å²) < 4.78 is 24.7. The lowest BCUT2D eigenvalue weighted by Gasteiger charge is -2.34. The monoisotopic (exact) mass is 365 g/mol. The minimum absolute atomic E-state index is 0.00338. The van der Waals surface area contributed by atoms with Crippen molar-refractivity contribution >= 4 is 5.91 Å². The van der Waals surface area contributed by atoms with Crippen LogP contribution in [0.1, 0.15) is 64.4 Å². The van der Waals surface area contributed by atoms with E-state index < -0.39 is 0 Å². The molecule has 5 heteroatoms. The van der Waals surface area contributed by atoms with E-state index in [9.17, 15) is 9.18 Å². The second-order valence-electron chi connectivity index (χ2n) is 7.59. The fraction of sp³-hybridized carbons (Fsp3) is 0.667. The zero-order chi connectivity index (χ0) is 19.0. The summed E-state index contributed by atoms with van der Waals surface area (Å²) in [6, 6.07) is 6.46. The standard InChI is InChI=1S/C21H32FNO3/c1-4-9-21(3,20-25-12-13-26-20)10-6-11-23-19(24)14-16(2)17-7-5-8-18(22)15-17/h5,7-8,15-16,20H,4,6,9-14H2,1-3H3,(H,23,24)/t16-,21-/m0/s1. The van der Waals surface area contributed by atoms with Crippen molar-refractivity contribution in [2.75, 3.05) is 19.8 Å². The van der Waals surface area contributed by atoms with Crippen molar-refractivity contribution in [3.05, 3.63) is 35.6 Å². The van der Waals surface area contributed by atoms with E-state index in [0.29, 0.717) is 26.2 Å². The predicted molar refractivity (Wildman–Crippen MR) is 100 cm³/mol. The average molecular weight is 365 g/mol. The minimum Gasteiger partial charge on any atom is -0.356 e. The van der Waals surface area contributed by atoms with Gasteiger partial charge in [-0.25, -0.2) is 4.39 Å². The summed E-state index contributed by atoms with van der Waals surface area (Å²) in [5, 5.41) is 2.99. The zero-order valence-corrected chi connectivity index (χ0v) is 16.2. The van der Waals surface area contributed by atoms with Gasteiger partial charge in [0.25, 0.3) is 0 Å². The van der Waals surface area contributed by atoms with Crippen LogP contribution in [0.5, 0.6) is 0 Å². The summed E-state index contributed by atoms with van der Waals surface area (Å²) in [7, 11) is 0. The van der Waals surface area contributed by atoms with Crippen LogP contribution >= 0.6 is 0 Å². The summed E-state index contributed by atoms with van der Waals surface area (Å²) in [4.78, 5) is 12.2. The summed E-state index contributed by atoms with van der Waals surface area (Å²) in [6.07, 6.45) is 4.20. The molecule has 0 aromatic heterocycles. The summed E-state index contributed by atoms with van der Waals surface area (Å²) in [5.41, 5.74) is 0.844. The summed E-state index contributed by atoms with van der Waals surface area (Å²) in [6.45, 7) is 8.29. The first-order chi connectivity index (χ1) is 12.4. The van der Waals surface area contributed by atoms with Crippen molar-refractivity contribution in [3.63, 3.8) is 0 Å². The molecule has 0 spiro atoms. The molecular weight excluding hydrogens is 333 g/mol. The number of benzene rings is 1. The van der Waals surface area contributed by atoms with Crippen LogP contribution in [0.15, 0.2) is 24.3 Å². The molecule has 1 aromatic carbocycles. The Hall–Kier alpha value is -1.46. The van der Waals surface area contributed by atoms with E-state index in [1.54, 1.807) is 6.07 Å². The molecule has 1 aliphatic heterocycles. The Morgan fingerprint density at radius 2 is 2.08 bits per heavy atom. The molecule has 1 aromatic rings. The molecule has 0 saturated carbocycles. The Labute approximate surface area is 156 Å². The van der Waals surface area contributed by atoms with Gasteiger partial charge in [0.1, 0.15) is 5.82 Å². The normalized spacial score (nSPS) is 18.5. The molecule has 1 N–H and O–H groups in total. The van der Waals surface area contributed by atoms with E-state index in [1.165, 1.54) is 12.1 Å². The maximum absolute atomic E-state index is 13.3. The summed E-state index contributed by atoms with van der Waals surface area (Å²) in [5.74, 6) is -0.259. The lowest BCUT2D eigenvalue weighted by atomic mass is 9.80. The van der Waals surface area contributed by atoms with E-state index in [4.69, 9.17) is 9.47 Å². The maximum Gasteiger partial charge on any atom is 0.220 e. The number of nitrogens with one attached hydrogen (secondary N) is 1. The van der Waals surface area contributed by atoms with Crippen LogP contribution in [0.3, 0.4) is 0 Å². The Kier molecular flexibility index (Phi) is 8.04. The Morgan fingerprint density at radius 3 is 2.73 bits per heavy atom. The van der Waals surface area contributed by atoms with Gasteiger partial charge in [0, 0.05) is 18.4 Å². The summed E-state index contributed by atoms with van der Waals surface area (Å²) >= 11 is 0. The molecule has 1 saturated heterocycles. The number of hydrogen-bond donors (Lipinski definition) is 1. The van der Waals surface area contributed by atoms with Gasteiger partial charge in [0.15, 0.2) is 6.29 Å². The van der Waals surface area contributed by atoms with Gasteiger partial charge in [-0.2, -0.15) is 0 Å². The molecule has 2 atom stereocenters. The fourth-order valence-electron chi connectivity index (χ4n) is 3.69. The molecule has 0 unspecified atom stereocenters. The number of halogens is 1. The fourth-order valence-corrected chi connectivity index (χ4v) is 3.69. The third kappa shape index (κ3) is 6.06. The van der Waals surface area contributed by atoms with Gasteiger partial charge in [-0.1, -0.05) is 39.3 Å². The first-order valence-electron chi connectivity index (χ1n) is 9.70. The molecule has 1 aliphatic rings. The van der Waals surface area contributed by atoms with Gasteiger partial charge < -0.3 is 14.8 Å². The van der Waals surface area contributed by atoms with Crippen LogP contribution < -0.4 is 5.32 Å². The second kappa shape index (κ2) is 10.0. The molecule has 146 valence electrons. The maximum atomic E-state index is 13.3. The molecular formula is C21H32FNO3. The Bertz CT molecular complexity index is 574. The Balaban J connectivity index is 1.73. The lowest BCUT2D eigenvalue weighted by molar-refractivity contribution is -0.133. The highest BCUT2D eigenvalue weighted by Gasteiger charge is 2.37. The van der Waals surface area contributed by atoms with E-state index in [-0.39, 0.29) is 29.3 Å². The van der Waals surface area contributed by atoms with Crippen molar-refractivity contribution in [1.82, 2.24) is 5.32 Å². The highest BCUT2D eigenvalue weighted by atomic mass is 19.1. The molecule has 0 bridgehead atoms. The lowest BCUT2D eigenvalue weighted by Crippen LogP contribution is -2.34. The van der Waals surface area contributed by atoms with E-state index in [1.807, 2.05) is 13.0 Å². The van der Waals surface area contributed by atoms with Crippen LogP contribution in [0, 0.1) is 11.2 Å². The van der Waals surface area contributed by atoms with Gasteiger partial charge in [-0.05, 0) is 42.9 Å². The van der Waals surface area contributed by atoms with Crippen LogP contribution in [-0.2, 0) is 14.3 Å². The topological polar surface area (TPSA) is 47.6 Å². The number of carbonyl (C=O) groups is 1. The van der Waals surface area contributed by atoms with E-state index in [0.717, 1.165) is 31.2 Å². The predicted octanol–water partition coefficient (Wildman–Crippen LogP) is 4.40. The largest absolute Gasteiger partial charge is 0.356 e. The first kappa shape index (κ1) is 20.8. The Morgan fingerprint density at radius 1 is 1.35 bits per heavy atom. The second-order valence-corrected chi connectivity index (χ2v) is 7.59. The number of ether oxygens (including phenoxy) is 2. The molecule has 0 aliphatic carbocycles. The van der Waals surface area contributed by atoms with E-state index in [2.05, 4.69) is 19.2 Å². The highest BCUT2D eigenvalue weighted by molar-refractivity contribution is 5.76. The number of hydrogen-bond acceptors (Lipinski definition) is 3. The van der Waals surface area contributed by atoms with Gasteiger partial charge in [0.05, 0.1) is 13.2 Å². The first-order valence-corrected chi connectivity index (χ1v) is 9.70. The van der Waals surface area contributed by atoms with Crippen LogP contribution in [0.25, 0.3) is 0 Å². The average Bonchev–Trinajstić information content (AvgIpc) is 3.14. The van der Waals surface area contributed by atoms with Crippen LogP contribution in [0.4, 0.5) is 4.39 Å². The van der Waals surface area contributed by atoms with Gasteiger partial charge in [-0.3, -0.25) is 4.79 Å². The van der Waals surface area contributed by atoms with Crippen molar-refractivity contribution in [2.24, 2.45) is 5.41 Å². The highest BCUT2D eigenvalue weighted by Crippen LogP contribution is 2.37. The molecule has 4 nitrogen and oxygen atoms in total. The van der Waals surface area contributed by atoms with Crippen LogP contribution in [0.2, 0.25) is 0 Å². The number of amides is 1. The quantitative estimate of drug-likeness (QED) is 0.625. The molecule has 1 fully saturated rings. The number of carbonyl (C=O) groups excluding carboxylic acids is 1. The third-order valence-electron chi connectivity index (χ3n) is 5.17. The smallest absolute Gasteiger partial charge is 0.220 e.